The molecule has 1 aromatic heterocycles. The Morgan fingerprint density at radius 3 is 2.73 bits per heavy atom. The van der Waals surface area contributed by atoms with Gasteiger partial charge in [0.05, 0.1) is 12.9 Å². The summed E-state index contributed by atoms with van der Waals surface area (Å²) in [5.74, 6) is -3.00. The number of imidazole rings is 1. The molecule has 1 aromatic rings. The molecule has 0 saturated heterocycles. The fourth-order valence-electron chi connectivity index (χ4n) is 0.706. The largest absolute Gasteiger partial charge is 0.340 e. The number of aryl methyl sites for hydroxylation is 1. The van der Waals surface area contributed by atoms with E-state index in [1.807, 2.05) is 0 Å². The highest BCUT2D eigenvalue weighted by molar-refractivity contribution is 5.05. The third kappa shape index (κ3) is 1.54. The maximum Gasteiger partial charge on any atom is 0.303 e. The fourth-order valence-corrected chi connectivity index (χ4v) is 0.706. The van der Waals surface area contributed by atoms with Gasteiger partial charge in [-0.25, -0.2) is 4.98 Å². The topological polar surface area (TPSA) is 43.8 Å². The van der Waals surface area contributed by atoms with Crippen molar-refractivity contribution < 1.29 is 8.78 Å². The lowest BCUT2D eigenvalue weighted by Gasteiger charge is -2.09. The van der Waals surface area contributed by atoms with Crippen LogP contribution in [0.25, 0.3) is 0 Å². The van der Waals surface area contributed by atoms with Crippen molar-refractivity contribution in [2.24, 2.45) is 12.8 Å². The van der Waals surface area contributed by atoms with Crippen LogP contribution in [0, 0.1) is 0 Å². The first-order valence-electron chi connectivity index (χ1n) is 3.12. The monoisotopic (exact) mass is 161 g/mol. The smallest absolute Gasteiger partial charge is 0.303 e. The molecule has 0 spiro atoms. The summed E-state index contributed by atoms with van der Waals surface area (Å²) in [6.07, 6.45) is 2.58. The maximum atomic E-state index is 12.7. The summed E-state index contributed by atoms with van der Waals surface area (Å²) < 4.78 is 26.9. The Balaban J connectivity index is 2.92. The summed E-state index contributed by atoms with van der Waals surface area (Å²) in [5.41, 5.74) is 4.57. The Kier molecular flexibility index (Phi) is 1.90. The molecule has 1 rings (SSSR count). The number of hydrogen-bond donors (Lipinski definition) is 1. The van der Waals surface area contributed by atoms with Gasteiger partial charge in [-0.15, -0.1) is 0 Å². The number of nitrogens with two attached hydrogens (primary N) is 1. The van der Waals surface area contributed by atoms with E-state index in [4.69, 9.17) is 5.73 Å². The predicted molar refractivity (Wildman–Crippen MR) is 36.2 cm³/mol. The van der Waals surface area contributed by atoms with Crippen molar-refractivity contribution >= 4 is 0 Å². The van der Waals surface area contributed by atoms with Crippen LogP contribution in [-0.2, 0) is 13.0 Å². The van der Waals surface area contributed by atoms with Crippen molar-refractivity contribution in [2.45, 2.75) is 5.92 Å². The summed E-state index contributed by atoms with van der Waals surface area (Å²) in [4.78, 5) is 3.49. The average Bonchev–Trinajstić information content (AvgIpc) is 2.36. The summed E-state index contributed by atoms with van der Waals surface area (Å²) in [6.45, 7) is -0.704. The van der Waals surface area contributed by atoms with Crippen molar-refractivity contribution in [1.29, 1.82) is 0 Å². The minimum absolute atomic E-state index is 0.275. The molecule has 0 aromatic carbocycles. The normalized spacial score (nSPS) is 12.0. The molecule has 0 fully saturated rings. The molecule has 0 radical (unpaired) electrons. The molecule has 0 saturated carbocycles. The van der Waals surface area contributed by atoms with Gasteiger partial charge in [-0.2, -0.15) is 8.78 Å². The molecule has 3 nitrogen and oxygen atoms in total. The molecule has 0 unspecified atom stereocenters. The van der Waals surface area contributed by atoms with Gasteiger partial charge in [-0.05, 0) is 0 Å². The van der Waals surface area contributed by atoms with Crippen LogP contribution in [0.15, 0.2) is 12.5 Å². The molecular formula is C6H9F2N3. The molecule has 0 aliphatic heterocycles. The lowest BCUT2D eigenvalue weighted by atomic mass is 10.2. The summed E-state index contributed by atoms with van der Waals surface area (Å²) in [7, 11) is 1.63. The first kappa shape index (κ1) is 8.13. The minimum Gasteiger partial charge on any atom is -0.340 e. The number of halogens is 2. The van der Waals surface area contributed by atoms with Crippen LogP contribution in [0.4, 0.5) is 8.78 Å². The van der Waals surface area contributed by atoms with E-state index in [1.165, 1.54) is 17.1 Å². The number of rotatable bonds is 2. The van der Waals surface area contributed by atoms with Crippen molar-refractivity contribution in [3.63, 3.8) is 0 Å². The highest BCUT2D eigenvalue weighted by Crippen LogP contribution is 2.23. The second-order valence-corrected chi connectivity index (χ2v) is 2.33. The van der Waals surface area contributed by atoms with Gasteiger partial charge >= 0.3 is 5.92 Å². The number of aromatic nitrogens is 2. The Labute approximate surface area is 62.8 Å². The van der Waals surface area contributed by atoms with Gasteiger partial charge in [0.25, 0.3) is 0 Å². The van der Waals surface area contributed by atoms with E-state index >= 15 is 0 Å². The number of hydrogen-bond acceptors (Lipinski definition) is 2. The van der Waals surface area contributed by atoms with Gasteiger partial charge in [-0.1, -0.05) is 0 Å². The third-order valence-electron chi connectivity index (χ3n) is 1.34. The van der Waals surface area contributed by atoms with Gasteiger partial charge in [0.15, 0.2) is 0 Å². The van der Waals surface area contributed by atoms with Crippen molar-refractivity contribution in [3.8, 4) is 0 Å². The zero-order valence-corrected chi connectivity index (χ0v) is 6.09. The number of alkyl halides is 2. The average molecular weight is 161 g/mol. The van der Waals surface area contributed by atoms with Gasteiger partial charge in [-0.3, -0.25) is 0 Å². The van der Waals surface area contributed by atoms with Crippen LogP contribution >= 0.6 is 0 Å². The van der Waals surface area contributed by atoms with Crippen LogP contribution in [0.1, 0.15) is 5.69 Å². The molecule has 1 heterocycles. The fraction of sp³-hybridized carbons (Fsp3) is 0.500. The second kappa shape index (κ2) is 2.58. The third-order valence-corrected chi connectivity index (χ3v) is 1.34. The standard InChI is InChI=1S/C6H9F2N3/c1-11-2-5(10-4-11)6(7,8)3-9/h2,4H,3,9H2,1H3. The van der Waals surface area contributed by atoms with Gasteiger partial charge < -0.3 is 10.3 Å². The Morgan fingerprint density at radius 1 is 1.73 bits per heavy atom. The van der Waals surface area contributed by atoms with E-state index in [-0.39, 0.29) is 5.69 Å². The zero-order valence-electron chi connectivity index (χ0n) is 6.09. The maximum absolute atomic E-state index is 12.7. The van der Waals surface area contributed by atoms with E-state index in [0.717, 1.165) is 0 Å². The molecular weight excluding hydrogens is 152 g/mol. The molecule has 0 aliphatic carbocycles. The van der Waals surface area contributed by atoms with E-state index < -0.39 is 12.5 Å². The van der Waals surface area contributed by atoms with Gasteiger partial charge in [0, 0.05) is 13.2 Å². The predicted octanol–water partition coefficient (Wildman–Crippen LogP) is 0.471. The summed E-state index contributed by atoms with van der Waals surface area (Å²) >= 11 is 0. The lowest BCUT2D eigenvalue weighted by molar-refractivity contribution is 0.00170. The Hall–Kier alpha value is -0.970. The van der Waals surface area contributed by atoms with E-state index in [9.17, 15) is 8.78 Å². The van der Waals surface area contributed by atoms with Crippen LogP contribution in [-0.4, -0.2) is 16.1 Å². The van der Waals surface area contributed by atoms with Crippen molar-refractivity contribution in [3.05, 3.63) is 18.2 Å². The Bertz CT molecular complexity index is 244. The molecule has 11 heavy (non-hydrogen) atoms. The highest BCUT2D eigenvalue weighted by atomic mass is 19.3. The zero-order chi connectivity index (χ0) is 8.48. The first-order valence-corrected chi connectivity index (χ1v) is 3.12. The molecule has 0 bridgehead atoms. The second-order valence-electron chi connectivity index (χ2n) is 2.33. The van der Waals surface area contributed by atoms with Crippen LogP contribution in [0.2, 0.25) is 0 Å². The molecule has 5 heteroatoms. The Morgan fingerprint density at radius 2 is 2.36 bits per heavy atom. The molecule has 2 N–H and O–H groups in total. The van der Waals surface area contributed by atoms with Crippen molar-refractivity contribution in [1.82, 2.24) is 9.55 Å². The van der Waals surface area contributed by atoms with Crippen LogP contribution in [0.3, 0.4) is 0 Å². The minimum atomic E-state index is -3.00. The first-order chi connectivity index (χ1) is 5.06. The van der Waals surface area contributed by atoms with Crippen LogP contribution < -0.4 is 5.73 Å². The van der Waals surface area contributed by atoms with E-state index in [0.29, 0.717) is 0 Å². The molecule has 0 aliphatic rings. The lowest BCUT2D eigenvalue weighted by Crippen LogP contribution is -2.25. The quantitative estimate of drug-likeness (QED) is 0.685. The molecule has 62 valence electrons. The SMILES string of the molecule is Cn1cnc(C(F)(F)CN)c1. The molecule has 0 amide bonds. The van der Waals surface area contributed by atoms with E-state index in [2.05, 4.69) is 4.98 Å². The summed E-state index contributed by atoms with van der Waals surface area (Å²) in [5, 5.41) is 0. The van der Waals surface area contributed by atoms with E-state index in [1.54, 1.807) is 7.05 Å². The molecule has 0 atom stereocenters. The van der Waals surface area contributed by atoms with Crippen molar-refractivity contribution in [2.75, 3.05) is 6.54 Å². The summed E-state index contributed by atoms with van der Waals surface area (Å²) in [6, 6.07) is 0. The van der Waals surface area contributed by atoms with Gasteiger partial charge in [0.1, 0.15) is 5.69 Å². The number of nitrogens with zero attached hydrogens (tertiary/aromatic N) is 2. The van der Waals surface area contributed by atoms with Crippen LogP contribution in [0.5, 0.6) is 0 Å². The van der Waals surface area contributed by atoms with Gasteiger partial charge in [0.2, 0.25) is 0 Å². The highest BCUT2D eigenvalue weighted by Gasteiger charge is 2.31.